The number of benzene rings is 6. The molecule has 0 aliphatic heterocycles. The third-order valence-corrected chi connectivity index (χ3v) is 7.04. The summed E-state index contributed by atoms with van der Waals surface area (Å²) in [6.45, 7) is 0. The van der Waals surface area contributed by atoms with E-state index in [-0.39, 0.29) is 0 Å². The fourth-order valence-electron chi connectivity index (χ4n) is 5.02. The Hall–Kier alpha value is -4.76. The van der Waals surface area contributed by atoms with Crippen molar-refractivity contribution in [3.8, 4) is 33.4 Å². The van der Waals surface area contributed by atoms with Gasteiger partial charge in [0, 0.05) is 12.6 Å². The van der Waals surface area contributed by atoms with Gasteiger partial charge in [0.15, 0.2) is 5.82 Å². The Bertz CT molecular complexity index is 1740. The smallest absolute Gasteiger partial charge is 0.155 e. The van der Waals surface area contributed by atoms with Crippen LogP contribution in [-0.4, -0.2) is 7.05 Å². The van der Waals surface area contributed by atoms with E-state index in [1.54, 1.807) is 36.2 Å². The van der Waals surface area contributed by atoms with Crippen LogP contribution in [0.1, 0.15) is 0 Å². The fourth-order valence-corrected chi connectivity index (χ4v) is 5.02. The van der Waals surface area contributed by atoms with Gasteiger partial charge in [-0.25, -0.2) is 8.78 Å². The molecule has 0 aliphatic rings. The van der Waals surface area contributed by atoms with Crippen LogP contribution in [-0.2, 0) is 0 Å². The van der Waals surface area contributed by atoms with Crippen molar-refractivity contribution in [3.05, 3.63) is 145 Å². The standard InChI is InChI=1S/C35H25F2N/c1-38(32-14-8-7-13-31(32)36)33-22-21-30(34(35(33)37)27-10-3-2-4-11-27)26-18-15-25(16-19-26)29-20-17-24-9-5-6-12-28(24)23-29/h2-23H,1H3. The monoisotopic (exact) mass is 497 g/mol. The molecular formula is C35H25F2N. The zero-order chi connectivity index (χ0) is 26.1. The highest BCUT2D eigenvalue weighted by Crippen LogP contribution is 2.40. The predicted octanol–water partition coefficient (Wildman–Crippen LogP) is 9.89. The van der Waals surface area contributed by atoms with Crippen molar-refractivity contribution in [2.75, 3.05) is 11.9 Å². The average molecular weight is 498 g/mol. The summed E-state index contributed by atoms with van der Waals surface area (Å²) in [6.07, 6.45) is 0. The zero-order valence-electron chi connectivity index (χ0n) is 20.9. The Kier molecular flexibility index (Phi) is 6.19. The van der Waals surface area contributed by atoms with Crippen LogP contribution in [0.3, 0.4) is 0 Å². The maximum Gasteiger partial charge on any atom is 0.155 e. The van der Waals surface area contributed by atoms with Gasteiger partial charge in [0.25, 0.3) is 0 Å². The first-order chi connectivity index (χ1) is 18.6. The highest BCUT2D eigenvalue weighted by atomic mass is 19.1. The Morgan fingerprint density at radius 3 is 1.87 bits per heavy atom. The summed E-state index contributed by atoms with van der Waals surface area (Å²) in [6, 6.07) is 42.5. The lowest BCUT2D eigenvalue weighted by molar-refractivity contribution is 0.619. The van der Waals surface area contributed by atoms with Crippen LogP contribution in [0.15, 0.2) is 133 Å². The van der Waals surface area contributed by atoms with Gasteiger partial charge in [0.05, 0.1) is 11.4 Å². The summed E-state index contributed by atoms with van der Waals surface area (Å²) in [4.78, 5) is 1.56. The molecule has 0 spiro atoms. The van der Waals surface area contributed by atoms with E-state index in [1.807, 2.05) is 60.7 Å². The Balaban J connectivity index is 1.44. The van der Waals surface area contributed by atoms with E-state index in [2.05, 4.69) is 42.5 Å². The molecule has 6 rings (SSSR count). The maximum atomic E-state index is 16.3. The van der Waals surface area contributed by atoms with Crippen LogP contribution >= 0.6 is 0 Å². The summed E-state index contributed by atoms with van der Waals surface area (Å²) in [5.41, 5.74) is 5.80. The summed E-state index contributed by atoms with van der Waals surface area (Å²) in [5, 5.41) is 2.40. The van der Waals surface area contributed by atoms with Gasteiger partial charge in [-0.3, -0.25) is 0 Å². The molecule has 0 saturated heterocycles. The zero-order valence-corrected chi connectivity index (χ0v) is 20.9. The van der Waals surface area contributed by atoms with Gasteiger partial charge >= 0.3 is 0 Å². The minimum absolute atomic E-state index is 0.311. The van der Waals surface area contributed by atoms with E-state index >= 15 is 4.39 Å². The molecule has 6 aromatic carbocycles. The first-order valence-electron chi connectivity index (χ1n) is 12.6. The van der Waals surface area contributed by atoms with E-state index in [1.165, 1.54) is 16.8 Å². The lowest BCUT2D eigenvalue weighted by Crippen LogP contribution is -2.13. The van der Waals surface area contributed by atoms with Crippen LogP contribution in [0, 0.1) is 11.6 Å². The average Bonchev–Trinajstić information content (AvgIpc) is 2.97. The van der Waals surface area contributed by atoms with E-state index in [0.29, 0.717) is 16.9 Å². The molecule has 1 nitrogen and oxygen atoms in total. The number of fused-ring (bicyclic) bond motifs is 1. The minimum atomic E-state index is -0.399. The largest absolute Gasteiger partial charge is 0.340 e. The van der Waals surface area contributed by atoms with Crippen molar-refractivity contribution < 1.29 is 8.78 Å². The molecule has 0 fully saturated rings. The van der Waals surface area contributed by atoms with Gasteiger partial charge in [-0.05, 0) is 62.9 Å². The van der Waals surface area contributed by atoms with Gasteiger partial charge in [-0.15, -0.1) is 0 Å². The normalized spacial score (nSPS) is 11.0. The third-order valence-electron chi connectivity index (χ3n) is 7.04. The predicted molar refractivity (Wildman–Crippen MR) is 155 cm³/mol. The summed E-state index contributed by atoms with van der Waals surface area (Å²) in [7, 11) is 1.68. The topological polar surface area (TPSA) is 3.24 Å². The lowest BCUT2D eigenvalue weighted by atomic mass is 9.92. The number of hydrogen-bond acceptors (Lipinski definition) is 1. The molecule has 6 aromatic rings. The van der Waals surface area contributed by atoms with Crippen LogP contribution in [0.2, 0.25) is 0 Å². The molecule has 0 aliphatic carbocycles. The van der Waals surface area contributed by atoms with Crippen molar-refractivity contribution in [1.82, 2.24) is 0 Å². The van der Waals surface area contributed by atoms with Crippen LogP contribution in [0.4, 0.5) is 20.2 Å². The number of hydrogen-bond donors (Lipinski definition) is 0. The van der Waals surface area contributed by atoms with Crippen LogP contribution < -0.4 is 4.90 Å². The van der Waals surface area contributed by atoms with Crippen LogP contribution in [0.5, 0.6) is 0 Å². The Morgan fingerprint density at radius 1 is 0.474 bits per heavy atom. The molecule has 184 valence electrons. The maximum absolute atomic E-state index is 16.3. The van der Waals surface area contributed by atoms with Gasteiger partial charge in [-0.2, -0.15) is 0 Å². The molecule has 0 aromatic heterocycles. The first kappa shape index (κ1) is 23.6. The highest BCUT2D eigenvalue weighted by molar-refractivity contribution is 5.90. The van der Waals surface area contributed by atoms with Gasteiger partial charge < -0.3 is 4.90 Å². The molecular weight excluding hydrogens is 472 g/mol. The third kappa shape index (κ3) is 4.33. The highest BCUT2D eigenvalue weighted by Gasteiger charge is 2.20. The second kappa shape index (κ2) is 9.95. The summed E-state index contributed by atoms with van der Waals surface area (Å²) in [5.74, 6) is -0.790. The number of nitrogens with zero attached hydrogens (tertiary/aromatic N) is 1. The van der Waals surface area contributed by atoms with Crippen molar-refractivity contribution in [3.63, 3.8) is 0 Å². The van der Waals surface area contributed by atoms with Gasteiger partial charge in [-0.1, -0.05) is 109 Å². The van der Waals surface area contributed by atoms with E-state index in [9.17, 15) is 4.39 Å². The molecule has 0 N–H and O–H groups in total. The van der Waals surface area contributed by atoms with Gasteiger partial charge in [0.1, 0.15) is 5.82 Å². The van der Waals surface area contributed by atoms with Crippen molar-refractivity contribution in [2.24, 2.45) is 0 Å². The van der Waals surface area contributed by atoms with Gasteiger partial charge in [0.2, 0.25) is 0 Å². The van der Waals surface area contributed by atoms with Crippen LogP contribution in [0.25, 0.3) is 44.2 Å². The summed E-state index contributed by atoms with van der Waals surface area (Å²) >= 11 is 0. The second-order valence-corrected chi connectivity index (χ2v) is 9.34. The lowest BCUT2D eigenvalue weighted by Gasteiger charge is -2.23. The Labute approximate surface area is 221 Å². The molecule has 0 atom stereocenters. The first-order valence-corrected chi connectivity index (χ1v) is 12.6. The van der Waals surface area contributed by atoms with Crippen molar-refractivity contribution in [1.29, 1.82) is 0 Å². The Morgan fingerprint density at radius 2 is 1.11 bits per heavy atom. The second-order valence-electron chi connectivity index (χ2n) is 9.34. The van der Waals surface area contributed by atoms with Crippen molar-refractivity contribution in [2.45, 2.75) is 0 Å². The molecule has 0 saturated carbocycles. The molecule has 0 radical (unpaired) electrons. The minimum Gasteiger partial charge on any atom is -0.340 e. The van der Waals surface area contributed by atoms with E-state index in [4.69, 9.17) is 0 Å². The molecule has 0 unspecified atom stereocenters. The number of para-hydroxylation sites is 1. The summed E-state index contributed by atoms with van der Waals surface area (Å²) < 4.78 is 30.8. The van der Waals surface area contributed by atoms with Crippen molar-refractivity contribution >= 4 is 22.1 Å². The molecule has 0 amide bonds. The molecule has 0 bridgehead atoms. The molecule has 0 heterocycles. The SMILES string of the molecule is CN(c1ccccc1F)c1ccc(-c2ccc(-c3ccc4ccccc4c3)cc2)c(-c2ccccc2)c1F. The number of anilines is 2. The fraction of sp³-hybridized carbons (Fsp3) is 0.0286. The molecule has 3 heteroatoms. The number of halogens is 2. The van der Waals surface area contributed by atoms with E-state index < -0.39 is 11.6 Å². The molecule has 38 heavy (non-hydrogen) atoms. The number of rotatable bonds is 5. The van der Waals surface area contributed by atoms with E-state index in [0.717, 1.165) is 27.8 Å². The quantitative estimate of drug-likeness (QED) is 0.229.